The van der Waals surface area contributed by atoms with Gasteiger partial charge in [-0.15, -0.1) is 0 Å². The standard InChI is InChI=1S/C29H44O12.8H2O/c1-13-22(34)23(35)24(36)25(40-13)41-15-8-19(32)28(12-30)21-17(3-5-27(28,37)9-15)29(38)6-4-16(14-7-20(33)39-11-14)26(29,2)10-18(21)31;;;;;;;;/h7,13,15-19,21-25,30-32,34-38H,3-6,8-12H2,1-2H3;8*1H2/t13?,15?,16?,17?,18-,19?,21?,22?,23?,24?,25?,26?,27?,28?,29?;;;;;;;;/m1......../s1. The minimum absolute atomic E-state index is 0. The fourth-order valence-corrected chi connectivity index (χ4v) is 10.1. The highest BCUT2D eigenvalue weighted by atomic mass is 16.7. The van der Waals surface area contributed by atoms with E-state index in [1.807, 2.05) is 6.92 Å². The fourth-order valence-electron chi connectivity index (χ4n) is 10.1. The van der Waals surface area contributed by atoms with Crippen molar-refractivity contribution in [2.75, 3.05) is 13.2 Å². The summed E-state index contributed by atoms with van der Waals surface area (Å²) in [6.45, 7) is 3.00. The van der Waals surface area contributed by atoms with Crippen molar-refractivity contribution in [2.24, 2.45) is 28.6 Å². The highest BCUT2D eigenvalue weighted by Gasteiger charge is 2.75. The van der Waals surface area contributed by atoms with Crippen molar-refractivity contribution in [3.8, 4) is 0 Å². The minimum atomic E-state index is -1.67. The first kappa shape index (κ1) is 51.9. The van der Waals surface area contributed by atoms with Gasteiger partial charge in [0.25, 0.3) is 0 Å². The minimum Gasteiger partial charge on any atom is -0.458 e. The van der Waals surface area contributed by atoms with Crippen molar-refractivity contribution in [1.82, 2.24) is 0 Å². The van der Waals surface area contributed by atoms with Crippen LogP contribution in [0.4, 0.5) is 0 Å². The first-order chi connectivity index (χ1) is 19.2. The molecule has 0 aromatic carbocycles. The van der Waals surface area contributed by atoms with Crippen LogP contribution in [0.1, 0.15) is 58.8 Å². The summed E-state index contributed by atoms with van der Waals surface area (Å²) >= 11 is 0. The highest BCUT2D eigenvalue weighted by Crippen LogP contribution is 2.70. The zero-order valence-corrected chi connectivity index (χ0v) is 27.5. The lowest BCUT2D eigenvalue weighted by Gasteiger charge is -2.68. The Morgan fingerprint density at radius 3 is 2.04 bits per heavy atom. The average molecular weight is 729 g/mol. The number of fused-ring (bicyclic) bond motifs is 5. The van der Waals surface area contributed by atoms with Crippen LogP contribution in [0.25, 0.3) is 0 Å². The molecule has 0 aromatic rings. The Hall–Kier alpha value is -1.51. The number of cyclic esters (lactones) is 1. The molecule has 6 aliphatic rings. The number of ether oxygens (including phenoxy) is 3. The van der Waals surface area contributed by atoms with Crippen molar-refractivity contribution in [3.05, 3.63) is 11.6 Å². The Kier molecular flexibility index (Phi) is 18.3. The van der Waals surface area contributed by atoms with Crippen LogP contribution in [0.15, 0.2) is 11.6 Å². The smallest absolute Gasteiger partial charge is 0.331 e. The van der Waals surface area contributed by atoms with Crippen molar-refractivity contribution in [3.63, 3.8) is 0 Å². The summed E-state index contributed by atoms with van der Waals surface area (Å²) < 4.78 is 16.7. The largest absolute Gasteiger partial charge is 0.458 e. The van der Waals surface area contributed by atoms with E-state index in [1.54, 1.807) is 0 Å². The third-order valence-corrected chi connectivity index (χ3v) is 12.2. The van der Waals surface area contributed by atoms with Crippen molar-refractivity contribution in [1.29, 1.82) is 0 Å². The number of hydrogen-bond acceptors (Lipinski definition) is 12. The van der Waals surface area contributed by atoms with Crippen molar-refractivity contribution in [2.45, 2.75) is 119 Å². The highest BCUT2D eigenvalue weighted by molar-refractivity contribution is 5.85. The normalized spacial score (nSPS) is 47.6. The van der Waals surface area contributed by atoms with E-state index in [0.717, 1.165) is 5.57 Å². The van der Waals surface area contributed by atoms with Crippen molar-refractivity contribution < 1.29 is 104 Å². The van der Waals surface area contributed by atoms with E-state index in [4.69, 9.17) is 14.2 Å². The van der Waals surface area contributed by atoms with Gasteiger partial charge in [-0.1, -0.05) is 6.92 Å². The van der Waals surface area contributed by atoms with Gasteiger partial charge in [-0.3, -0.25) is 0 Å². The molecule has 5 fully saturated rings. The quantitative estimate of drug-likeness (QED) is 0.0988. The van der Waals surface area contributed by atoms with E-state index >= 15 is 0 Å². The lowest BCUT2D eigenvalue weighted by Crippen LogP contribution is -2.76. The molecule has 20 nitrogen and oxygen atoms in total. The summed E-state index contributed by atoms with van der Waals surface area (Å²) in [5.74, 6) is -1.93. The number of aliphatic hydroxyl groups excluding tert-OH is 6. The molecule has 4 aliphatic carbocycles. The topological polar surface area (TPSA) is 459 Å². The summed E-state index contributed by atoms with van der Waals surface area (Å²) in [7, 11) is 0. The number of hydrogen-bond donors (Lipinski definition) is 8. The molecule has 0 spiro atoms. The molecule has 0 aromatic heterocycles. The molecule has 1 saturated heterocycles. The lowest BCUT2D eigenvalue weighted by atomic mass is 9.40. The van der Waals surface area contributed by atoms with E-state index < -0.39 is 95.5 Å². The monoisotopic (exact) mass is 728 g/mol. The molecule has 14 unspecified atom stereocenters. The zero-order chi connectivity index (χ0) is 29.7. The van der Waals surface area contributed by atoms with E-state index in [-0.39, 0.29) is 82.0 Å². The molecule has 49 heavy (non-hydrogen) atoms. The maximum Gasteiger partial charge on any atom is 0.331 e. The third-order valence-electron chi connectivity index (χ3n) is 12.2. The number of esters is 1. The molecule has 24 N–H and O–H groups in total. The summed E-state index contributed by atoms with van der Waals surface area (Å²) in [4.78, 5) is 11.8. The van der Waals surface area contributed by atoms with Crippen LogP contribution in [0.3, 0.4) is 0 Å². The van der Waals surface area contributed by atoms with Crippen molar-refractivity contribution >= 4 is 5.97 Å². The lowest BCUT2D eigenvalue weighted by molar-refractivity contribution is -0.342. The van der Waals surface area contributed by atoms with Gasteiger partial charge in [-0.2, -0.15) is 0 Å². The van der Waals surface area contributed by atoms with Gasteiger partial charge in [0.2, 0.25) is 0 Å². The second-order valence-electron chi connectivity index (χ2n) is 13.8. The molecule has 4 saturated carbocycles. The molecule has 296 valence electrons. The molecule has 0 amide bonds. The molecule has 15 atom stereocenters. The molecular formula is C29H60O20. The SMILES string of the molecule is CC1OC(OC2CC(O)C3(CO)C4C(CCC3(O)C2)C2(O)CCC(C3=CC(=O)OC3)C2(C)C[C@H]4O)C(O)C(O)C1O.O.O.O.O.O.O.O.O. The average Bonchev–Trinajstić information content (AvgIpc) is 3.45. The van der Waals surface area contributed by atoms with Gasteiger partial charge in [-0.25, -0.2) is 4.79 Å². The molecule has 6 rings (SSSR count). The second kappa shape index (κ2) is 17.3. The Morgan fingerprint density at radius 2 is 1.49 bits per heavy atom. The molecule has 20 heteroatoms. The predicted octanol–water partition coefficient (Wildman–Crippen LogP) is -8.11. The number of carbonyl (C=O) groups excluding carboxylic acids is 1. The van der Waals surface area contributed by atoms with Crippen LogP contribution in [0, 0.1) is 28.6 Å². The first-order valence-corrected chi connectivity index (χ1v) is 14.9. The number of carbonyl (C=O) groups is 1. The maximum atomic E-state index is 12.4. The van der Waals surface area contributed by atoms with Crippen LogP contribution in [0.5, 0.6) is 0 Å². The Labute approximate surface area is 282 Å². The van der Waals surface area contributed by atoms with E-state index in [0.29, 0.717) is 19.3 Å². The van der Waals surface area contributed by atoms with Gasteiger partial charge >= 0.3 is 5.97 Å². The predicted molar refractivity (Wildman–Crippen MR) is 168 cm³/mol. The zero-order valence-electron chi connectivity index (χ0n) is 27.5. The Balaban J connectivity index is -0.00000264. The van der Waals surface area contributed by atoms with Gasteiger partial charge in [0, 0.05) is 30.3 Å². The van der Waals surface area contributed by atoms with Gasteiger partial charge in [0.15, 0.2) is 6.29 Å². The van der Waals surface area contributed by atoms with E-state index in [2.05, 4.69) is 0 Å². The number of aliphatic hydroxyl groups is 8. The second-order valence-corrected chi connectivity index (χ2v) is 13.8. The van der Waals surface area contributed by atoms with Gasteiger partial charge in [0.05, 0.1) is 47.6 Å². The van der Waals surface area contributed by atoms with Gasteiger partial charge < -0.3 is 98.9 Å². The third kappa shape index (κ3) is 7.02. The Morgan fingerprint density at radius 1 is 0.878 bits per heavy atom. The molecule has 0 radical (unpaired) electrons. The summed E-state index contributed by atoms with van der Waals surface area (Å²) in [6.07, 6.45) is -6.68. The fraction of sp³-hybridized carbons (Fsp3) is 0.897. The van der Waals surface area contributed by atoms with Crippen LogP contribution in [0.2, 0.25) is 0 Å². The summed E-state index contributed by atoms with van der Waals surface area (Å²) in [5.41, 5.74) is -4.46. The van der Waals surface area contributed by atoms with Crippen LogP contribution in [-0.2, 0) is 19.0 Å². The summed E-state index contributed by atoms with van der Waals surface area (Å²) in [6, 6.07) is 0. The van der Waals surface area contributed by atoms with Crippen LogP contribution < -0.4 is 0 Å². The molecule has 0 bridgehead atoms. The van der Waals surface area contributed by atoms with Gasteiger partial charge in [-0.05, 0) is 56.4 Å². The van der Waals surface area contributed by atoms with Crippen LogP contribution in [-0.4, -0.2) is 164 Å². The molecule has 2 heterocycles. The number of rotatable bonds is 4. The molecular weight excluding hydrogens is 668 g/mol. The molecule has 2 aliphatic heterocycles. The van der Waals surface area contributed by atoms with Gasteiger partial charge in [0.1, 0.15) is 24.9 Å². The maximum absolute atomic E-state index is 12.4. The van der Waals surface area contributed by atoms with Crippen LogP contribution >= 0.6 is 0 Å². The van der Waals surface area contributed by atoms with E-state index in [9.17, 15) is 45.6 Å². The van der Waals surface area contributed by atoms with E-state index in [1.165, 1.54) is 13.0 Å². The Bertz CT molecular complexity index is 1100. The summed E-state index contributed by atoms with van der Waals surface area (Å²) in [5, 5.41) is 89.6. The first-order valence-electron chi connectivity index (χ1n) is 14.9.